The van der Waals surface area contributed by atoms with Crippen molar-refractivity contribution in [3.05, 3.63) is 71.1 Å². The zero-order chi connectivity index (χ0) is 21.3. The number of nitrogens with zero attached hydrogens (tertiary/aromatic N) is 6. The van der Waals surface area contributed by atoms with Crippen molar-refractivity contribution in [1.29, 1.82) is 0 Å². The number of rotatable bonds is 6. The first-order chi connectivity index (χ1) is 14.5. The van der Waals surface area contributed by atoms with Crippen molar-refractivity contribution in [2.75, 3.05) is 6.26 Å². The van der Waals surface area contributed by atoms with E-state index in [9.17, 15) is 4.79 Å². The van der Waals surface area contributed by atoms with Gasteiger partial charge in [0.25, 0.3) is 5.78 Å². The Balaban J connectivity index is 1.64. The summed E-state index contributed by atoms with van der Waals surface area (Å²) in [6.07, 6.45) is 5.73. The molecule has 1 amide bonds. The molecule has 4 aromatic rings. The maximum Gasteiger partial charge on any atom is 0.253 e. The molecule has 0 radical (unpaired) electrons. The Kier molecular flexibility index (Phi) is 5.54. The molecule has 30 heavy (non-hydrogen) atoms. The second-order valence-corrected chi connectivity index (χ2v) is 7.83. The number of benzene rings is 1. The Bertz CT molecular complexity index is 1200. The third-order valence-electron chi connectivity index (χ3n) is 5.10. The van der Waals surface area contributed by atoms with E-state index >= 15 is 0 Å². The standard InChI is InChI=1S/C21H23N7OS/c1-13-16(14(2)28-20(23-13)25-21(26-28)30-4)12-17(29)24-18(15-8-6-5-7-9-15)19-22-10-11-27(19)3/h5-11,18H,12H2,1-4H3,(H,24,29). The zero-order valence-corrected chi connectivity index (χ0v) is 18.1. The average Bonchev–Trinajstić information content (AvgIpc) is 3.36. The third-order valence-corrected chi connectivity index (χ3v) is 5.64. The molecular weight excluding hydrogens is 398 g/mol. The van der Waals surface area contributed by atoms with Crippen LogP contribution in [0.2, 0.25) is 0 Å². The molecule has 154 valence electrons. The lowest BCUT2D eigenvalue weighted by molar-refractivity contribution is -0.121. The Labute approximate surface area is 178 Å². The van der Waals surface area contributed by atoms with Gasteiger partial charge in [-0.3, -0.25) is 4.79 Å². The van der Waals surface area contributed by atoms with E-state index < -0.39 is 0 Å². The molecule has 0 fully saturated rings. The van der Waals surface area contributed by atoms with Gasteiger partial charge in [-0.1, -0.05) is 42.1 Å². The Hall–Kier alpha value is -3.20. The number of thioether (sulfide) groups is 1. The maximum absolute atomic E-state index is 13.1. The van der Waals surface area contributed by atoms with Crippen molar-refractivity contribution in [3.63, 3.8) is 0 Å². The Morgan fingerprint density at radius 2 is 1.97 bits per heavy atom. The summed E-state index contributed by atoms with van der Waals surface area (Å²) in [5.41, 5.74) is 3.48. The SMILES string of the molecule is CSc1nc2nc(C)c(CC(=O)NC(c3ccccc3)c3nccn3C)c(C)n2n1. The summed E-state index contributed by atoms with van der Waals surface area (Å²) in [4.78, 5) is 26.5. The number of aryl methyl sites for hydroxylation is 3. The van der Waals surface area contributed by atoms with Crippen molar-refractivity contribution < 1.29 is 4.79 Å². The van der Waals surface area contributed by atoms with E-state index in [1.807, 2.05) is 68.2 Å². The molecule has 1 aromatic carbocycles. The van der Waals surface area contributed by atoms with Gasteiger partial charge >= 0.3 is 0 Å². The lowest BCUT2D eigenvalue weighted by Crippen LogP contribution is -2.32. The number of amides is 1. The van der Waals surface area contributed by atoms with Crippen molar-refractivity contribution in [3.8, 4) is 0 Å². The molecule has 0 saturated carbocycles. The lowest BCUT2D eigenvalue weighted by Gasteiger charge is -2.20. The molecule has 0 aliphatic heterocycles. The van der Waals surface area contributed by atoms with Crippen LogP contribution in [0.5, 0.6) is 0 Å². The Morgan fingerprint density at radius 1 is 1.20 bits per heavy atom. The van der Waals surface area contributed by atoms with E-state index in [1.54, 1.807) is 10.7 Å². The number of imidazole rings is 1. The van der Waals surface area contributed by atoms with E-state index in [1.165, 1.54) is 11.8 Å². The van der Waals surface area contributed by atoms with Crippen LogP contribution in [0.1, 0.15) is 34.4 Å². The summed E-state index contributed by atoms with van der Waals surface area (Å²) in [7, 11) is 1.92. The first-order valence-electron chi connectivity index (χ1n) is 9.56. The van der Waals surface area contributed by atoms with Crippen molar-refractivity contribution in [2.24, 2.45) is 7.05 Å². The fraction of sp³-hybridized carbons (Fsp3) is 0.286. The lowest BCUT2D eigenvalue weighted by atomic mass is 10.0. The minimum absolute atomic E-state index is 0.107. The van der Waals surface area contributed by atoms with Gasteiger partial charge in [0.15, 0.2) is 0 Å². The highest BCUT2D eigenvalue weighted by atomic mass is 32.2. The molecule has 0 aliphatic carbocycles. The number of carbonyl (C=O) groups excluding carboxylic acids is 1. The minimum atomic E-state index is -0.342. The van der Waals surface area contributed by atoms with Crippen LogP contribution in [0, 0.1) is 13.8 Å². The molecular formula is C21H23N7OS. The summed E-state index contributed by atoms with van der Waals surface area (Å²) in [5.74, 6) is 1.22. The summed E-state index contributed by atoms with van der Waals surface area (Å²) < 4.78 is 3.62. The highest BCUT2D eigenvalue weighted by Crippen LogP contribution is 2.21. The van der Waals surface area contributed by atoms with Crippen LogP contribution in [-0.4, -0.2) is 41.3 Å². The average molecular weight is 422 g/mol. The summed E-state index contributed by atoms with van der Waals surface area (Å²) >= 11 is 1.46. The Morgan fingerprint density at radius 3 is 2.63 bits per heavy atom. The molecule has 0 bridgehead atoms. The fourth-order valence-corrected chi connectivity index (χ4v) is 3.84. The molecule has 1 atom stereocenters. The first-order valence-corrected chi connectivity index (χ1v) is 10.8. The maximum atomic E-state index is 13.1. The van der Waals surface area contributed by atoms with Crippen molar-refractivity contribution in [2.45, 2.75) is 31.5 Å². The van der Waals surface area contributed by atoms with Gasteiger partial charge in [0, 0.05) is 36.4 Å². The molecule has 3 heterocycles. The second kappa shape index (κ2) is 8.27. The third kappa shape index (κ3) is 3.80. The molecule has 3 aromatic heterocycles. The number of aromatic nitrogens is 6. The van der Waals surface area contributed by atoms with Crippen LogP contribution in [0.3, 0.4) is 0 Å². The van der Waals surface area contributed by atoms with Crippen molar-refractivity contribution in [1.82, 2.24) is 34.4 Å². The van der Waals surface area contributed by atoms with Crippen LogP contribution in [0.25, 0.3) is 5.78 Å². The van der Waals surface area contributed by atoms with Crippen LogP contribution >= 0.6 is 11.8 Å². The number of carbonyl (C=O) groups is 1. The van der Waals surface area contributed by atoms with Crippen LogP contribution in [-0.2, 0) is 18.3 Å². The quantitative estimate of drug-likeness (QED) is 0.482. The molecule has 0 spiro atoms. The number of fused-ring (bicyclic) bond motifs is 1. The topological polar surface area (TPSA) is 90.0 Å². The summed E-state index contributed by atoms with van der Waals surface area (Å²) in [6, 6.07) is 9.50. The summed E-state index contributed by atoms with van der Waals surface area (Å²) in [6.45, 7) is 3.84. The van der Waals surface area contributed by atoms with Crippen LogP contribution in [0.15, 0.2) is 47.9 Å². The van der Waals surface area contributed by atoms with Gasteiger partial charge in [-0.15, -0.1) is 5.10 Å². The highest BCUT2D eigenvalue weighted by Gasteiger charge is 2.22. The number of hydrogen-bond acceptors (Lipinski definition) is 6. The molecule has 1 unspecified atom stereocenters. The van der Waals surface area contributed by atoms with Crippen LogP contribution in [0.4, 0.5) is 0 Å². The van der Waals surface area contributed by atoms with E-state index in [4.69, 9.17) is 0 Å². The van der Waals surface area contributed by atoms with Gasteiger partial charge in [-0.25, -0.2) is 14.5 Å². The van der Waals surface area contributed by atoms with Gasteiger partial charge in [-0.2, -0.15) is 4.98 Å². The number of hydrogen-bond donors (Lipinski definition) is 1. The minimum Gasteiger partial charge on any atom is -0.342 e. The van der Waals surface area contributed by atoms with E-state index in [-0.39, 0.29) is 18.4 Å². The molecule has 1 N–H and O–H groups in total. The van der Waals surface area contributed by atoms with Gasteiger partial charge in [0.05, 0.1) is 6.42 Å². The molecule has 8 nitrogen and oxygen atoms in total. The van der Waals surface area contributed by atoms with Gasteiger partial charge in [-0.05, 0) is 25.7 Å². The van der Waals surface area contributed by atoms with Crippen molar-refractivity contribution >= 4 is 23.4 Å². The van der Waals surface area contributed by atoms with Crippen LogP contribution < -0.4 is 5.32 Å². The second-order valence-electron chi connectivity index (χ2n) is 7.06. The molecule has 4 rings (SSSR count). The van der Waals surface area contributed by atoms with E-state index in [0.717, 1.165) is 28.3 Å². The van der Waals surface area contributed by atoms with E-state index in [0.29, 0.717) is 10.9 Å². The summed E-state index contributed by atoms with van der Waals surface area (Å²) in [5, 5.41) is 8.26. The van der Waals surface area contributed by atoms with Gasteiger partial charge < -0.3 is 9.88 Å². The normalized spacial score (nSPS) is 12.3. The largest absolute Gasteiger partial charge is 0.342 e. The fourth-order valence-electron chi connectivity index (χ4n) is 3.50. The first kappa shape index (κ1) is 20.1. The van der Waals surface area contributed by atoms with E-state index in [2.05, 4.69) is 25.4 Å². The predicted octanol–water partition coefficient (Wildman–Crippen LogP) is 2.64. The molecule has 9 heteroatoms. The molecule has 0 aliphatic rings. The monoisotopic (exact) mass is 421 g/mol. The van der Waals surface area contributed by atoms with Gasteiger partial charge in [0.2, 0.25) is 11.1 Å². The van der Waals surface area contributed by atoms with Gasteiger partial charge in [0.1, 0.15) is 11.9 Å². The molecule has 0 saturated heterocycles. The predicted molar refractivity (Wildman–Crippen MR) is 115 cm³/mol. The number of nitrogens with one attached hydrogen (secondary N) is 1. The zero-order valence-electron chi connectivity index (χ0n) is 17.3. The highest BCUT2D eigenvalue weighted by molar-refractivity contribution is 7.98. The smallest absolute Gasteiger partial charge is 0.253 e.